The van der Waals surface area contributed by atoms with Crippen molar-refractivity contribution in [2.24, 2.45) is 0 Å². The van der Waals surface area contributed by atoms with Crippen LogP contribution in [0.15, 0.2) is 48.5 Å². The van der Waals surface area contributed by atoms with E-state index in [0.717, 1.165) is 16.7 Å². The van der Waals surface area contributed by atoms with E-state index in [1.54, 1.807) is 12.0 Å². The molecule has 0 fully saturated rings. The Kier molecular flexibility index (Phi) is 6.47. The van der Waals surface area contributed by atoms with Gasteiger partial charge in [-0.15, -0.1) is 0 Å². The second-order valence-electron chi connectivity index (χ2n) is 7.47. The highest BCUT2D eigenvalue weighted by Gasteiger charge is 2.36. The third-order valence-electron chi connectivity index (χ3n) is 5.22. The van der Waals surface area contributed by atoms with Crippen molar-refractivity contribution in [3.8, 4) is 0 Å². The molecular formula is C23H28N2O3. The number of fused-ring (bicyclic) bond motifs is 1. The smallest absolute Gasteiger partial charge is 0.247 e. The molecule has 28 heavy (non-hydrogen) atoms. The van der Waals surface area contributed by atoms with Crippen LogP contribution in [0.1, 0.15) is 48.1 Å². The van der Waals surface area contributed by atoms with Crippen molar-refractivity contribution < 1.29 is 14.3 Å². The number of carbonyl (C=O) groups is 2. The average Bonchev–Trinajstić information content (AvgIpc) is 2.70. The minimum atomic E-state index is -0.623. The molecular weight excluding hydrogens is 352 g/mol. The monoisotopic (exact) mass is 380 g/mol. The molecule has 1 heterocycles. The molecule has 5 nitrogen and oxygen atoms in total. The summed E-state index contributed by atoms with van der Waals surface area (Å²) in [6.07, 6.45) is 0.320. The number of amides is 2. The van der Waals surface area contributed by atoms with Crippen LogP contribution < -0.4 is 5.32 Å². The number of hydrogen-bond acceptors (Lipinski definition) is 3. The first-order chi connectivity index (χ1) is 13.5. The molecule has 148 valence electrons. The summed E-state index contributed by atoms with van der Waals surface area (Å²) in [6, 6.07) is 15.3. The Labute approximate surface area is 166 Å². The third kappa shape index (κ3) is 4.42. The van der Waals surface area contributed by atoms with Crippen LogP contribution >= 0.6 is 0 Å². The van der Waals surface area contributed by atoms with Crippen molar-refractivity contribution in [3.05, 3.63) is 70.8 Å². The second-order valence-corrected chi connectivity index (χ2v) is 7.47. The number of methoxy groups -OCH3 is 1. The highest BCUT2D eigenvalue weighted by molar-refractivity contribution is 5.92. The van der Waals surface area contributed by atoms with Crippen LogP contribution in [-0.2, 0) is 27.3 Å². The molecule has 3 rings (SSSR count). The first kappa shape index (κ1) is 20.1. The van der Waals surface area contributed by atoms with E-state index < -0.39 is 6.04 Å². The van der Waals surface area contributed by atoms with Crippen molar-refractivity contribution in [1.82, 2.24) is 10.2 Å². The summed E-state index contributed by atoms with van der Waals surface area (Å²) in [4.78, 5) is 27.4. The summed E-state index contributed by atoms with van der Waals surface area (Å²) < 4.78 is 5.14. The molecule has 1 aliphatic rings. The standard InChI is InChI=1S/C23H28N2O3/c1-16(2)18-10-8-17(9-11-18)15-24-23(27)22-20-7-5-4-6-19(20)14-21(26)25(22)12-13-28-3/h4-11,16,22H,12-15H2,1-3H3,(H,24,27). The van der Waals surface area contributed by atoms with Gasteiger partial charge in [-0.2, -0.15) is 0 Å². The number of carbonyl (C=O) groups excluding carboxylic acids is 2. The summed E-state index contributed by atoms with van der Waals surface area (Å²) in [5.74, 6) is 0.268. The molecule has 2 aromatic carbocycles. The first-order valence-electron chi connectivity index (χ1n) is 9.74. The molecule has 0 saturated heterocycles. The lowest BCUT2D eigenvalue weighted by molar-refractivity contribution is -0.142. The molecule has 1 unspecified atom stereocenters. The van der Waals surface area contributed by atoms with Crippen LogP contribution in [-0.4, -0.2) is 37.0 Å². The Morgan fingerprint density at radius 3 is 2.57 bits per heavy atom. The third-order valence-corrected chi connectivity index (χ3v) is 5.22. The van der Waals surface area contributed by atoms with E-state index in [-0.39, 0.29) is 11.8 Å². The Hall–Kier alpha value is -2.66. The van der Waals surface area contributed by atoms with Gasteiger partial charge in [0.1, 0.15) is 6.04 Å². The molecule has 5 heteroatoms. The Balaban J connectivity index is 1.77. The lowest BCUT2D eigenvalue weighted by Gasteiger charge is -2.36. The highest BCUT2D eigenvalue weighted by Crippen LogP contribution is 2.30. The molecule has 2 aromatic rings. The van der Waals surface area contributed by atoms with E-state index in [0.29, 0.717) is 32.0 Å². The van der Waals surface area contributed by atoms with Crippen molar-refractivity contribution >= 4 is 11.8 Å². The zero-order valence-electron chi connectivity index (χ0n) is 16.8. The number of nitrogens with zero attached hydrogens (tertiary/aromatic N) is 1. The predicted molar refractivity (Wildman–Crippen MR) is 109 cm³/mol. The van der Waals surface area contributed by atoms with Gasteiger partial charge in [-0.1, -0.05) is 62.4 Å². The maximum atomic E-state index is 13.1. The predicted octanol–water partition coefficient (Wildman–Crippen LogP) is 3.20. The number of rotatable bonds is 7. The van der Waals surface area contributed by atoms with Gasteiger partial charge in [0, 0.05) is 20.2 Å². The van der Waals surface area contributed by atoms with Crippen LogP contribution in [0.5, 0.6) is 0 Å². The topological polar surface area (TPSA) is 58.6 Å². The molecule has 0 radical (unpaired) electrons. The lowest BCUT2D eigenvalue weighted by Crippen LogP contribution is -2.48. The summed E-state index contributed by atoms with van der Waals surface area (Å²) in [5, 5.41) is 3.01. The van der Waals surface area contributed by atoms with Gasteiger partial charge in [0.05, 0.1) is 13.0 Å². The maximum Gasteiger partial charge on any atom is 0.247 e. The highest BCUT2D eigenvalue weighted by atomic mass is 16.5. The zero-order chi connectivity index (χ0) is 20.1. The fourth-order valence-corrected chi connectivity index (χ4v) is 3.57. The van der Waals surface area contributed by atoms with Gasteiger partial charge >= 0.3 is 0 Å². The van der Waals surface area contributed by atoms with Crippen LogP contribution in [0.3, 0.4) is 0 Å². The van der Waals surface area contributed by atoms with Gasteiger partial charge in [0.25, 0.3) is 0 Å². The van der Waals surface area contributed by atoms with Crippen LogP contribution in [0, 0.1) is 0 Å². The molecule has 0 bridgehead atoms. The molecule has 1 N–H and O–H groups in total. The van der Waals surface area contributed by atoms with Crippen molar-refractivity contribution in [2.45, 2.75) is 38.8 Å². The van der Waals surface area contributed by atoms with Gasteiger partial charge in [0.15, 0.2) is 0 Å². The summed E-state index contributed by atoms with van der Waals surface area (Å²) in [5.41, 5.74) is 4.12. The number of benzene rings is 2. The Morgan fingerprint density at radius 2 is 1.89 bits per heavy atom. The summed E-state index contributed by atoms with van der Waals surface area (Å²) in [7, 11) is 1.60. The minimum absolute atomic E-state index is 0.0443. The van der Waals surface area contributed by atoms with Crippen molar-refractivity contribution in [3.63, 3.8) is 0 Å². The van der Waals surface area contributed by atoms with E-state index in [2.05, 4.69) is 31.3 Å². The normalized spacial score (nSPS) is 16.2. The second kappa shape index (κ2) is 9.02. The van der Waals surface area contributed by atoms with Crippen molar-refractivity contribution in [2.75, 3.05) is 20.3 Å². The van der Waals surface area contributed by atoms with Crippen LogP contribution in [0.25, 0.3) is 0 Å². The molecule has 2 amide bonds. The molecule has 0 aliphatic carbocycles. The summed E-state index contributed by atoms with van der Waals surface area (Å²) >= 11 is 0. The molecule has 0 saturated carbocycles. The number of nitrogens with one attached hydrogen (secondary N) is 1. The number of hydrogen-bond donors (Lipinski definition) is 1. The van der Waals surface area contributed by atoms with Gasteiger partial charge in [-0.3, -0.25) is 9.59 Å². The molecule has 1 atom stereocenters. The molecule has 0 spiro atoms. The SMILES string of the molecule is COCCN1C(=O)Cc2ccccc2C1C(=O)NCc1ccc(C(C)C)cc1. The maximum absolute atomic E-state index is 13.1. The van der Waals surface area contributed by atoms with Crippen LogP contribution in [0.2, 0.25) is 0 Å². The molecule has 1 aliphatic heterocycles. The fourth-order valence-electron chi connectivity index (χ4n) is 3.57. The Morgan fingerprint density at radius 1 is 1.18 bits per heavy atom. The van der Waals surface area contributed by atoms with E-state index >= 15 is 0 Å². The van der Waals surface area contributed by atoms with E-state index in [1.807, 2.05) is 36.4 Å². The Bertz CT molecular complexity index is 830. The minimum Gasteiger partial charge on any atom is -0.383 e. The quantitative estimate of drug-likeness (QED) is 0.802. The van der Waals surface area contributed by atoms with Crippen molar-refractivity contribution in [1.29, 1.82) is 0 Å². The lowest BCUT2D eigenvalue weighted by atomic mass is 9.91. The fraction of sp³-hybridized carbons (Fsp3) is 0.391. The van der Waals surface area contributed by atoms with Gasteiger partial charge < -0.3 is 15.0 Å². The van der Waals surface area contributed by atoms with Gasteiger partial charge in [-0.05, 0) is 28.2 Å². The van der Waals surface area contributed by atoms with E-state index in [9.17, 15) is 9.59 Å². The zero-order valence-corrected chi connectivity index (χ0v) is 16.8. The number of ether oxygens (including phenoxy) is 1. The summed E-state index contributed by atoms with van der Waals surface area (Å²) in [6.45, 7) is 5.53. The van der Waals surface area contributed by atoms with E-state index in [4.69, 9.17) is 4.74 Å². The van der Waals surface area contributed by atoms with Gasteiger partial charge in [0.2, 0.25) is 11.8 Å². The van der Waals surface area contributed by atoms with Gasteiger partial charge in [-0.25, -0.2) is 0 Å². The first-order valence-corrected chi connectivity index (χ1v) is 9.74. The average molecular weight is 380 g/mol. The largest absolute Gasteiger partial charge is 0.383 e. The van der Waals surface area contributed by atoms with E-state index in [1.165, 1.54) is 5.56 Å². The van der Waals surface area contributed by atoms with Crippen LogP contribution in [0.4, 0.5) is 0 Å². The molecule has 0 aromatic heterocycles.